The van der Waals surface area contributed by atoms with Crippen LogP contribution in [0.25, 0.3) is 0 Å². The van der Waals surface area contributed by atoms with Crippen LogP contribution in [0.1, 0.15) is 19.8 Å². The summed E-state index contributed by atoms with van der Waals surface area (Å²) >= 11 is 4.48. The molecule has 0 radical (unpaired) electrons. The summed E-state index contributed by atoms with van der Waals surface area (Å²) in [7, 11) is 0. The van der Waals surface area contributed by atoms with E-state index >= 15 is 0 Å². The van der Waals surface area contributed by atoms with Crippen molar-refractivity contribution in [3.63, 3.8) is 0 Å². The Labute approximate surface area is 171 Å². The van der Waals surface area contributed by atoms with Gasteiger partial charge in [-0.1, -0.05) is 0 Å². The van der Waals surface area contributed by atoms with Gasteiger partial charge in [-0.05, 0) is 0 Å². The van der Waals surface area contributed by atoms with Crippen molar-refractivity contribution in [3.05, 3.63) is 91.0 Å². The Hall–Kier alpha value is -1.47. The molecule has 3 rings (SSSR count). The van der Waals surface area contributed by atoms with Crippen molar-refractivity contribution < 1.29 is 4.74 Å². The SMILES string of the molecule is CCOCCCCP(Br)(c1ccccc1)(c1ccccc1)c1ccccc1. The molecule has 0 heterocycles. The van der Waals surface area contributed by atoms with Gasteiger partial charge in [-0.15, -0.1) is 0 Å². The molecule has 1 nitrogen and oxygen atoms in total. The predicted molar refractivity (Wildman–Crippen MR) is 125 cm³/mol. The van der Waals surface area contributed by atoms with Crippen LogP contribution < -0.4 is 15.9 Å². The quantitative estimate of drug-likeness (QED) is 0.307. The third kappa shape index (κ3) is 4.04. The fourth-order valence-electron chi connectivity index (χ4n) is 3.81. The summed E-state index contributed by atoms with van der Waals surface area (Å²) in [6.45, 7) is 3.67. The van der Waals surface area contributed by atoms with Gasteiger partial charge in [-0.25, -0.2) is 0 Å². The van der Waals surface area contributed by atoms with Crippen LogP contribution in [0.5, 0.6) is 0 Å². The van der Waals surface area contributed by atoms with Crippen LogP contribution in [0.4, 0.5) is 0 Å². The van der Waals surface area contributed by atoms with Gasteiger partial charge >= 0.3 is 172 Å². The van der Waals surface area contributed by atoms with Crippen LogP contribution in [-0.4, -0.2) is 19.4 Å². The van der Waals surface area contributed by atoms with Crippen molar-refractivity contribution in [3.8, 4) is 0 Å². The van der Waals surface area contributed by atoms with Gasteiger partial charge < -0.3 is 0 Å². The van der Waals surface area contributed by atoms with Crippen LogP contribution in [0, 0.1) is 0 Å². The van der Waals surface area contributed by atoms with Crippen LogP contribution in [0.15, 0.2) is 91.0 Å². The molecule has 0 saturated carbocycles. The van der Waals surface area contributed by atoms with Gasteiger partial charge in [0.2, 0.25) is 0 Å². The van der Waals surface area contributed by atoms with Crippen LogP contribution in [0.2, 0.25) is 0 Å². The average Bonchev–Trinajstić information content (AvgIpc) is 2.75. The van der Waals surface area contributed by atoms with Crippen molar-refractivity contribution >= 4 is 36.7 Å². The Morgan fingerprint density at radius 3 is 1.44 bits per heavy atom. The molecule has 142 valence electrons. The molecule has 0 saturated heterocycles. The van der Waals surface area contributed by atoms with Crippen LogP contribution in [0.3, 0.4) is 0 Å². The molecule has 0 aromatic heterocycles. The molecule has 0 aliphatic carbocycles. The second kappa shape index (κ2) is 9.15. The minimum atomic E-state index is -2.74. The molecule has 0 fully saturated rings. The molecule has 0 amide bonds. The van der Waals surface area contributed by atoms with Crippen molar-refractivity contribution in [2.24, 2.45) is 0 Å². The van der Waals surface area contributed by atoms with E-state index in [2.05, 4.69) is 113 Å². The summed E-state index contributed by atoms with van der Waals surface area (Å²) < 4.78 is 5.60. The Balaban J connectivity index is 2.16. The Morgan fingerprint density at radius 1 is 0.667 bits per heavy atom. The topological polar surface area (TPSA) is 9.23 Å². The number of benzene rings is 3. The van der Waals surface area contributed by atoms with Gasteiger partial charge in [-0.2, -0.15) is 0 Å². The van der Waals surface area contributed by atoms with Gasteiger partial charge in [0.15, 0.2) is 0 Å². The molecular weight excluding hydrogens is 415 g/mol. The predicted octanol–water partition coefficient (Wildman–Crippen LogP) is 5.64. The zero-order valence-electron chi connectivity index (χ0n) is 15.9. The molecule has 0 aliphatic heterocycles. The first-order valence-electron chi connectivity index (χ1n) is 9.67. The van der Waals surface area contributed by atoms with Crippen molar-refractivity contribution in [2.45, 2.75) is 19.8 Å². The average molecular weight is 443 g/mol. The van der Waals surface area contributed by atoms with Gasteiger partial charge in [0, 0.05) is 0 Å². The molecule has 3 aromatic rings. The summed E-state index contributed by atoms with van der Waals surface area (Å²) in [5, 5.41) is 1.42. The normalized spacial score (nSPS) is 13.0. The number of halogens is 1. The third-order valence-corrected chi connectivity index (χ3v) is 15.2. The molecule has 0 bridgehead atoms. The van der Waals surface area contributed by atoms with Crippen molar-refractivity contribution in [1.82, 2.24) is 0 Å². The van der Waals surface area contributed by atoms with E-state index in [1.54, 1.807) is 0 Å². The van der Waals surface area contributed by atoms with E-state index in [1.807, 2.05) is 0 Å². The molecule has 3 aromatic carbocycles. The van der Waals surface area contributed by atoms with Gasteiger partial charge in [-0.3, -0.25) is 0 Å². The Bertz CT molecular complexity index is 721. The van der Waals surface area contributed by atoms with E-state index in [-0.39, 0.29) is 0 Å². The zero-order valence-corrected chi connectivity index (χ0v) is 18.4. The van der Waals surface area contributed by atoms with Gasteiger partial charge in [0.05, 0.1) is 0 Å². The fraction of sp³-hybridized carbons (Fsp3) is 0.250. The van der Waals surface area contributed by atoms with Gasteiger partial charge in [0.1, 0.15) is 0 Å². The maximum absolute atomic E-state index is 5.60. The molecule has 0 spiro atoms. The maximum atomic E-state index is 5.60. The van der Waals surface area contributed by atoms with Crippen molar-refractivity contribution in [2.75, 3.05) is 19.4 Å². The summed E-state index contributed by atoms with van der Waals surface area (Å²) in [5.74, 6) is 0. The summed E-state index contributed by atoms with van der Waals surface area (Å²) in [6.07, 6.45) is 3.27. The number of unbranched alkanes of at least 4 members (excludes halogenated alkanes) is 1. The van der Waals surface area contributed by atoms with E-state index in [4.69, 9.17) is 4.74 Å². The van der Waals surface area contributed by atoms with Gasteiger partial charge in [0.25, 0.3) is 0 Å². The standard InChI is InChI=1S/C24H28BrOP/c1-2-26-20-12-13-21-27(25,22-14-6-3-7-15-22,23-16-8-4-9-17-23)24-18-10-5-11-19-24/h3-11,14-19H,2,12-13,20-21H2,1H3. The minimum absolute atomic E-state index is 0.786. The van der Waals surface area contributed by atoms with Crippen LogP contribution >= 0.6 is 20.8 Å². The molecule has 0 aliphatic rings. The molecule has 3 heteroatoms. The Kier molecular flexibility index (Phi) is 6.87. The number of hydrogen-bond acceptors (Lipinski definition) is 1. The summed E-state index contributed by atoms with van der Waals surface area (Å²) in [4.78, 5) is 0. The molecule has 0 atom stereocenters. The number of ether oxygens (including phenoxy) is 1. The second-order valence-electron chi connectivity index (χ2n) is 6.82. The van der Waals surface area contributed by atoms with Crippen LogP contribution in [-0.2, 0) is 4.74 Å². The van der Waals surface area contributed by atoms with E-state index in [0.717, 1.165) is 32.2 Å². The Morgan fingerprint density at radius 2 is 1.07 bits per heavy atom. The van der Waals surface area contributed by atoms with E-state index < -0.39 is 5.31 Å². The zero-order chi connectivity index (χ0) is 19.0. The third-order valence-electron chi connectivity index (χ3n) is 5.20. The fourth-order valence-corrected chi connectivity index (χ4v) is 11.6. The monoisotopic (exact) mass is 442 g/mol. The molecule has 0 unspecified atom stereocenters. The van der Waals surface area contributed by atoms with E-state index in [1.165, 1.54) is 15.9 Å². The molecule has 0 N–H and O–H groups in total. The summed E-state index contributed by atoms with van der Waals surface area (Å²) in [6, 6.07) is 33.0. The van der Waals surface area contributed by atoms with E-state index in [9.17, 15) is 0 Å². The first-order valence-corrected chi connectivity index (χ1v) is 14.1. The van der Waals surface area contributed by atoms with Crippen molar-refractivity contribution in [1.29, 1.82) is 0 Å². The molecule has 27 heavy (non-hydrogen) atoms. The number of rotatable bonds is 9. The second-order valence-corrected chi connectivity index (χ2v) is 15.9. The molecular formula is C24H28BrOP. The van der Waals surface area contributed by atoms with E-state index in [0.29, 0.717) is 0 Å². The first-order chi connectivity index (χ1) is 13.2. The number of hydrogen-bond donors (Lipinski definition) is 0. The summed E-state index contributed by atoms with van der Waals surface area (Å²) in [5.41, 5.74) is 0. The first kappa shape index (κ1) is 20.3.